The third kappa shape index (κ3) is 4.00. The largest absolute Gasteiger partial charge is 0.508 e. The summed E-state index contributed by atoms with van der Waals surface area (Å²) in [5.41, 5.74) is -0.144. The highest BCUT2D eigenvalue weighted by Gasteiger charge is 2.17. The molecule has 1 unspecified atom stereocenters. The number of benzene rings is 1. The van der Waals surface area contributed by atoms with Gasteiger partial charge in [-0.05, 0) is 24.5 Å². The third-order valence-corrected chi connectivity index (χ3v) is 2.51. The Morgan fingerprint density at radius 1 is 1.44 bits per heavy atom. The second-order valence-corrected chi connectivity index (χ2v) is 4.65. The van der Waals surface area contributed by atoms with Crippen LogP contribution in [0.3, 0.4) is 0 Å². The number of halogens is 1. The van der Waals surface area contributed by atoms with Gasteiger partial charge in [0.25, 0.3) is 5.91 Å². The SMILES string of the molecule is CC(C)CC(CO)NC(=O)c1ccc(O)cc1F. The Morgan fingerprint density at radius 3 is 2.61 bits per heavy atom. The van der Waals surface area contributed by atoms with Gasteiger partial charge < -0.3 is 15.5 Å². The van der Waals surface area contributed by atoms with Gasteiger partial charge in [0.1, 0.15) is 11.6 Å². The summed E-state index contributed by atoms with van der Waals surface area (Å²) in [6, 6.07) is 2.94. The highest BCUT2D eigenvalue weighted by Crippen LogP contribution is 2.15. The zero-order valence-electron chi connectivity index (χ0n) is 10.5. The van der Waals surface area contributed by atoms with Crippen LogP contribution in [0.5, 0.6) is 5.75 Å². The van der Waals surface area contributed by atoms with Crippen molar-refractivity contribution in [2.24, 2.45) is 5.92 Å². The molecule has 100 valence electrons. The van der Waals surface area contributed by atoms with Crippen molar-refractivity contribution in [3.63, 3.8) is 0 Å². The number of phenolic OH excluding ortho intramolecular Hbond substituents is 1. The Morgan fingerprint density at radius 2 is 2.11 bits per heavy atom. The van der Waals surface area contributed by atoms with E-state index in [1.807, 2.05) is 13.8 Å². The quantitative estimate of drug-likeness (QED) is 0.749. The lowest BCUT2D eigenvalue weighted by molar-refractivity contribution is 0.0904. The molecule has 1 atom stereocenters. The van der Waals surface area contributed by atoms with Crippen LogP contribution in [0.25, 0.3) is 0 Å². The van der Waals surface area contributed by atoms with Crippen molar-refractivity contribution in [3.05, 3.63) is 29.6 Å². The number of aliphatic hydroxyl groups is 1. The number of hydrogen-bond donors (Lipinski definition) is 3. The van der Waals surface area contributed by atoms with Gasteiger partial charge in [0.15, 0.2) is 0 Å². The Bertz CT molecular complexity index is 421. The number of nitrogens with one attached hydrogen (secondary N) is 1. The molecule has 0 aliphatic carbocycles. The molecule has 0 saturated carbocycles. The highest BCUT2D eigenvalue weighted by atomic mass is 19.1. The molecule has 0 radical (unpaired) electrons. The minimum atomic E-state index is -0.784. The topological polar surface area (TPSA) is 69.6 Å². The van der Waals surface area contributed by atoms with Crippen LogP contribution in [0.15, 0.2) is 18.2 Å². The van der Waals surface area contributed by atoms with Crippen LogP contribution in [0.4, 0.5) is 4.39 Å². The number of phenols is 1. The van der Waals surface area contributed by atoms with E-state index in [-0.39, 0.29) is 17.9 Å². The molecule has 0 aliphatic rings. The van der Waals surface area contributed by atoms with Crippen molar-refractivity contribution in [2.75, 3.05) is 6.61 Å². The van der Waals surface area contributed by atoms with Gasteiger partial charge in [-0.3, -0.25) is 4.79 Å². The summed E-state index contributed by atoms with van der Waals surface area (Å²) < 4.78 is 13.4. The monoisotopic (exact) mass is 255 g/mol. The molecule has 0 fully saturated rings. The van der Waals surface area contributed by atoms with Crippen LogP contribution in [0.1, 0.15) is 30.6 Å². The minimum Gasteiger partial charge on any atom is -0.508 e. The van der Waals surface area contributed by atoms with Crippen LogP contribution < -0.4 is 5.32 Å². The summed E-state index contributed by atoms with van der Waals surface area (Å²) in [6.45, 7) is 3.75. The fourth-order valence-corrected chi connectivity index (χ4v) is 1.70. The molecular formula is C13H18FNO3. The molecule has 1 aromatic carbocycles. The first kappa shape index (κ1) is 14.4. The predicted octanol–water partition coefficient (Wildman–Crippen LogP) is 1.67. The smallest absolute Gasteiger partial charge is 0.254 e. The van der Waals surface area contributed by atoms with Gasteiger partial charge in [-0.2, -0.15) is 0 Å². The summed E-state index contributed by atoms with van der Waals surface area (Å²) in [4.78, 5) is 11.8. The Balaban J connectivity index is 2.74. The first-order chi connectivity index (χ1) is 8.43. The van der Waals surface area contributed by atoms with E-state index in [1.165, 1.54) is 12.1 Å². The first-order valence-electron chi connectivity index (χ1n) is 5.84. The lowest BCUT2D eigenvalue weighted by Crippen LogP contribution is -2.38. The number of carbonyl (C=O) groups excluding carboxylic acids is 1. The molecule has 0 bridgehead atoms. The van der Waals surface area contributed by atoms with Crippen LogP contribution in [0, 0.1) is 11.7 Å². The number of amides is 1. The van der Waals surface area contributed by atoms with Crippen LogP contribution in [-0.2, 0) is 0 Å². The second-order valence-electron chi connectivity index (χ2n) is 4.65. The number of aliphatic hydroxyl groups excluding tert-OH is 1. The molecule has 0 saturated heterocycles. The molecule has 1 amide bonds. The van der Waals surface area contributed by atoms with E-state index in [2.05, 4.69) is 5.32 Å². The van der Waals surface area contributed by atoms with E-state index in [0.29, 0.717) is 12.3 Å². The average Bonchev–Trinajstić information content (AvgIpc) is 2.27. The van der Waals surface area contributed by atoms with E-state index in [4.69, 9.17) is 10.2 Å². The molecule has 3 N–H and O–H groups in total. The maximum Gasteiger partial charge on any atom is 0.254 e. The summed E-state index contributed by atoms with van der Waals surface area (Å²) in [6.07, 6.45) is 0.613. The van der Waals surface area contributed by atoms with Gasteiger partial charge in [-0.15, -0.1) is 0 Å². The maximum absolute atomic E-state index is 13.4. The summed E-state index contributed by atoms with van der Waals surface area (Å²) in [7, 11) is 0. The minimum absolute atomic E-state index is 0.144. The van der Waals surface area contributed by atoms with Crippen LogP contribution >= 0.6 is 0 Å². The van der Waals surface area contributed by atoms with E-state index < -0.39 is 17.8 Å². The molecular weight excluding hydrogens is 237 g/mol. The molecule has 1 rings (SSSR count). The average molecular weight is 255 g/mol. The third-order valence-electron chi connectivity index (χ3n) is 2.51. The van der Waals surface area contributed by atoms with Crippen molar-refractivity contribution in [1.29, 1.82) is 0 Å². The van der Waals surface area contributed by atoms with Gasteiger partial charge in [0, 0.05) is 6.07 Å². The van der Waals surface area contributed by atoms with Gasteiger partial charge in [-0.25, -0.2) is 4.39 Å². The van der Waals surface area contributed by atoms with E-state index >= 15 is 0 Å². The Labute approximate surface area is 105 Å². The fraction of sp³-hybridized carbons (Fsp3) is 0.462. The van der Waals surface area contributed by atoms with E-state index in [9.17, 15) is 9.18 Å². The fourth-order valence-electron chi connectivity index (χ4n) is 1.70. The Hall–Kier alpha value is -1.62. The van der Waals surface area contributed by atoms with Gasteiger partial charge in [0.2, 0.25) is 0 Å². The van der Waals surface area contributed by atoms with Crippen molar-refractivity contribution in [2.45, 2.75) is 26.3 Å². The summed E-state index contributed by atoms with van der Waals surface area (Å²) >= 11 is 0. The summed E-state index contributed by atoms with van der Waals surface area (Å²) in [5, 5.41) is 20.8. The van der Waals surface area contributed by atoms with E-state index in [0.717, 1.165) is 6.07 Å². The van der Waals surface area contributed by atoms with Crippen molar-refractivity contribution in [3.8, 4) is 5.75 Å². The van der Waals surface area contributed by atoms with Gasteiger partial charge in [-0.1, -0.05) is 13.8 Å². The van der Waals surface area contributed by atoms with Crippen LogP contribution in [0.2, 0.25) is 0 Å². The second kappa shape index (κ2) is 6.35. The van der Waals surface area contributed by atoms with Crippen LogP contribution in [-0.4, -0.2) is 28.8 Å². The summed E-state index contributed by atoms with van der Waals surface area (Å²) in [5.74, 6) is -1.29. The van der Waals surface area contributed by atoms with Gasteiger partial charge in [0.05, 0.1) is 18.2 Å². The number of carbonyl (C=O) groups is 1. The predicted molar refractivity (Wildman–Crippen MR) is 65.9 cm³/mol. The van der Waals surface area contributed by atoms with E-state index in [1.54, 1.807) is 0 Å². The molecule has 0 aliphatic heterocycles. The normalized spacial score (nSPS) is 12.5. The van der Waals surface area contributed by atoms with Gasteiger partial charge >= 0.3 is 0 Å². The molecule has 5 heteroatoms. The first-order valence-corrected chi connectivity index (χ1v) is 5.84. The molecule has 18 heavy (non-hydrogen) atoms. The Kier molecular flexibility index (Phi) is 5.09. The maximum atomic E-state index is 13.4. The highest BCUT2D eigenvalue weighted by molar-refractivity contribution is 5.94. The number of aromatic hydroxyl groups is 1. The van der Waals surface area contributed by atoms with Crippen molar-refractivity contribution >= 4 is 5.91 Å². The molecule has 0 spiro atoms. The molecule has 1 aromatic rings. The lowest BCUT2D eigenvalue weighted by Gasteiger charge is -2.18. The van der Waals surface area contributed by atoms with Crippen molar-refractivity contribution in [1.82, 2.24) is 5.32 Å². The standard InChI is InChI=1S/C13H18FNO3/c1-8(2)5-9(7-16)15-13(18)11-4-3-10(17)6-12(11)14/h3-4,6,8-9,16-17H,5,7H2,1-2H3,(H,15,18). The number of hydrogen-bond acceptors (Lipinski definition) is 3. The van der Waals surface area contributed by atoms with Crippen molar-refractivity contribution < 1.29 is 19.4 Å². The zero-order valence-corrected chi connectivity index (χ0v) is 10.5. The zero-order chi connectivity index (χ0) is 13.7. The molecule has 0 aromatic heterocycles. The lowest BCUT2D eigenvalue weighted by atomic mass is 10.0. The molecule has 0 heterocycles. The number of rotatable bonds is 5. The molecule has 4 nitrogen and oxygen atoms in total.